The molecule has 92 valence electrons. The van der Waals surface area contributed by atoms with Crippen LogP contribution in [0.3, 0.4) is 0 Å². The van der Waals surface area contributed by atoms with Gasteiger partial charge in [0.2, 0.25) is 0 Å². The van der Waals surface area contributed by atoms with Gasteiger partial charge in [-0.2, -0.15) is 0 Å². The van der Waals surface area contributed by atoms with Crippen LogP contribution in [0, 0.1) is 0 Å². The van der Waals surface area contributed by atoms with Crippen molar-refractivity contribution in [2.24, 2.45) is 0 Å². The van der Waals surface area contributed by atoms with Crippen molar-refractivity contribution >= 4 is 21.8 Å². The molecule has 0 unspecified atom stereocenters. The number of aromatic amines is 1. The Labute approximate surface area is 111 Å². The van der Waals surface area contributed by atoms with Crippen LogP contribution in [0.25, 0.3) is 21.8 Å². The largest absolute Gasteiger partial charge is 0.353 e. The number of nitrogens with one attached hydrogen (secondary N) is 1. The third-order valence-electron chi connectivity index (χ3n) is 2.97. The van der Waals surface area contributed by atoms with Crippen LogP contribution >= 0.6 is 0 Å². The van der Waals surface area contributed by atoms with Gasteiger partial charge in [-0.05, 0) is 12.1 Å². The highest BCUT2D eigenvalue weighted by atomic mass is 14.7. The molecule has 2 heterocycles. The normalized spacial score (nSPS) is 10.1. The van der Waals surface area contributed by atoms with Crippen LogP contribution < -0.4 is 0 Å². The van der Waals surface area contributed by atoms with Crippen LogP contribution in [0.2, 0.25) is 0 Å². The quantitative estimate of drug-likeness (QED) is 0.489. The number of hydrogen-bond donors (Lipinski definition) is 1. The third kappa shape index (κ3) is 2.47. The molecular weight excluding hydrogens is 232 g/mol. The molecule has 2 nitrogen and oxygen atoms in total. The van der Waals surface area contributed by atoms with E-state index in [1.165, 1.54) is 16.3 Å². The molecule has 0 aliphatic rings. The highest BCUT2D eigenvalue weighted by molar-refractivity contribution is 6.06. The van der Waals surface area contributed by atoms with Crippen LogP contribution in [-0.4, -0.2) is 9.97 Å². The molecular formula is C17H14N2. The summed E-state index contributed by atoms with van der Waals surface area (Å²) in [6.07, 6.45) is 3.68. The van der Waals surface area contributed by atoms with Crippen molar-refractivity contribution in [2.75, 3.05) is 0 Å². The molecule has 4 aromatic rings. The summed E-state index contributed by atoms with van der Waals surface area (Å²) in [6.45, 7) is 0. The average molecular weight is 246 g/mol. The molecule has 0 fully saturated rings. The Morgan fingerprint density at radius 2 is 1.26 bits per heavy atom. The first-order valence-corrected chi connectivity index (χ1v) is 6.25. The van der Waals surface area contributed by atoms with E-state index in [-0.39, 0.29) is 0 Å². The SMILES string of the molecule is c1ccc2c(c1)[nH]c1cnccc12.c1ccccc1. The lowest BCUT2D eigenvalue weighted by Crippen LogP contribution is -1.68. The van der Waals surface area contributed by atoms with Crippen molar-refractivity contribution in [2.45, 2.75) is 0 Å². The van der Waals surface area contributed by atoms with E-state index in [4.69, 9.17) is 0 Å². The molecule has 2 heteroatoms. The maximum Gasteiger partial charge on any atom is 0.0651 e. The van der Waals surface area contributed by atoms with E-state index in [0.29, 0.717) is 0 Å². The van der Waals surface area contributed by atoms with E-state index in [0.717, 1.165) is 5.52 Å². The molecule has 0 bridgehead atoms. The minimum absolute atomic E-state index is 1.10. The first-order chi connectivity index (χ1) is 9.45. The van der Waals surface area contributed by atoms with Crippen LogP contribution in [0.1, 0.15) is 0 Å². The van der Waals surface area contributed by atoms with Gasteiger partial charge in [0.1, 0.15) is 0 Å². The molecule has 1 N–H and O–H groups in total. The molecule has 0 saturated heterocycles. The second kappa shape index (κ2) is 5.36. The Balaban J connectivity index is 0.000000155. The smallest absolute Gasteiger partial charge is 0.0651 e. The predicted molar refractivity (Wildman–Crippen MR) is 80.0 cm³/mol. The number of hydrogen-bond acceptors (Lipinski definition) is 1. The molecule has 0 aliphatic carbocycles. The van der Waals surface area contributed by atoms with Crippen LogP contribution in [0.5, 0.6) is 0 Å². The highest BCUT2D eigenvalue weighted by Crippen LogP contribution is 2.23. The Hall–Kier alpha value is -2.61. The number of rotatable bonds is 0. The summed E-state index contributed by atoms with van der Waals surface area (Å²) in [6, 6.07) is 22.3. The maximum absolute atomic E-state index is 4.08. The number of para-hydroxylation sites is 1. The van der Waals surface area contributed by atoms with E-state index >= 15 is 0 Å². The van der Waals surface area contributed by atoms with Crippen molar-refractivity contribution in [1.82, 2.24) is 9.97 Å². The predicted octanol–water partition coefficient (Wildman–Crippen LogP) is 4.40. The fourth-order valence-electron chi connectivity index (χ4n) is 2.09. The van der Waals surface area contributed by atoms with Gasteiger partial charge in [-0.25, -0.2) is 0 Å². The van der Waals surface area contributed by atoms with E-state index < -0.39 is 0 Å². The second-order valence-electron chi connectivity index (χ2n) is 4.25. The Kier molecular flexibility index (Phi) is 3.24. The standard InChI is InChI=1S/C11H8N2.C6H6/c1-2-4-10-8(3-1)9-5-6-12-7-11(9)13-10;1-2-4-6-5-3-1/h1-7,13H;1-6H. The summed E-state index contributed by atoms with van der Waals surface area (Å²) < 4.78 is 0. The Morgan fingerprint density at radius 3 is 2.00 bits per heavy atom. The molecule has 0 aliphatic heterocycles. The van der Waals surface area contributed by atoms with E-state index in [9.17, 15) is 0 Å². The first-order valence-electron chi connectivity index (χ1n) is 6.25. The molecule has 0 radical (unpaired) electrons. The van der Waals surface area contributed by atoms with Crippen LogP contribution in [0.4, 0.5) is 0 Å². The summed E-state index contributed by atoms with van der Waals surface area (Å²) >= 11 is 0. The zero-order chi connectivity index (χ0) is 12.9. The number of aromatic nitrogens is 2. The topological polar surface area (TPSA) is 28.7 Å². The monoisotopic (exact) mass is 246 g/mol. The zero-order valence-corrected chi connectivity index (χ0v) is 10.5. The minimum Gasteiger partial charge on any atom is -0.353 e. The molecule has 0 spiro atoms. The van der Waals surface area contributed by atoms with Crippen molar-refractivity contribution in [1.29, 1.82) is 0 Å². The van der Waals surface area contributed by atoms with Crippen molar-refractivity contribution < 1.29 is 0 Å². The van der Waals surface area contributed by atoms with E-state index in [1.54, 1.807) is 0 Å². The summed E-state index contributed by atoms with van der Waals surface area (Å²) in [5.74, 6) is 0. The van der Waals surface area contributed by atoms with Gasteiger partial charge in [0.15, 0.2) is 0 Å². The summed E-state index contributed by atoms with van der Waals surface area (Å²) in [5, 5.41) is 2.51. The Morgan fingerprint density at radius 1 is 0.632 bits per heavy atom. The van der Waals surface area contributed by atoms with Gasteiger partial charge in [0.05, 0.1) is 11.7 Å². The fourth-order valence-corrected chi connectivity index (χ4v) is 2.09. The molecule has 2 aromatic carbocycles. The summed E-state index contributed by atoms with van der Waals surface area (Å²) in [7, 11) is 0. The van der Waals surface area contributed by atoms with Gasteiger partial charge in [-0.1, -0.05) is 54.6 Å². The fraction of sp³-hybridized carbons (Fsp3) is 0. The lowest BCUT2D eigenvalue weighted by atomic mass is 10.2. The third-order valence-corrected chi connectivity index (χ3v) is 2.97. The summed E-state index contributed by atoms with van der Waals surface area (Å²) in [5.41, 5.74) is 2.27. The molecule has 4 rings (SSSR count). The molecule has 0 amide bonds. The highest BCUT2D eigenvalue weighted by Gasteiger charge is 2.00. The average Bonchev–Trinajstić information content (AvgIpc) is 2.88. The summed E-state index contributed by atoms with van der Waals surface area (Å²) in [4.78, 5) is 7.39. The number of pyridine rings is 1. The zero-order valence-electron chi connectivity index (χ0n) is 10.5. The van der Waals surface area contributed by atoms with Crippen molar-refractivity contribution in [3.05, 3.63) is 79.1 Å². The van der Waals surface area contributed by atoms with Crippen molar-refractivity contribution in [3.63, 3.8) is 0 Å². The van der Waals surface area contributed by atoms with Crippen LogP contribution in [-0.2, 0) is 0 Å². The number of fused-ring (bicyclic) bond motifs is 3. The number of H-pyrrole nitrogens is 1. The lowest BCUT2D eigenvalue weighted by Gasteiger charge is -1.87. The van der Waals surface area contributed by atoms with Crippen molar-refractivity contribution in [3.8, 4) is 0 Å². The molecule has 19 heavy (non-hydrogen) atoms. The lowest BCUT2D eigenvalue weighted by molar-refractivity contribution is 1.35. The molecule has 2 aromatic heterocycles. The van der Waals surface area contributed by atoms with Gasteiger partial charge in [-0.15, -0.1) is 0 Å². The number of benzene rings is 2. The van der Waals surface area contributed by atoms with Crippen LogP contribution in [0.15, 0.2) is 79.1 Å². The van der Waals surface area contributed by atoms with Gasteiger partial charge < -0.3 is 4.98 Å². The Bertz CT molecular complexity index is 696. The number of nitrogens with zero attached hydrogens (tertiary/aromatic N) is 1. The maximum atomic E-state index is 4.08. The molecule has 0 saturated carbocycles. The minimum atomic E-state index is 1.10. The second-order valence-corrected chi connectivity index (χ2v) is 4.25. The van der Waals surface area contributed by atoms with Gasteiger partial charge >= 0.3 is 0 Å². The van der Waals surface area contributed by atoms with Gasteiger partial charge in [0.25, 0.3) is 0 Å². The van der Waals surface area contributed by atoms with Gasteiger partial charge in [-0.3, -0.25) is 4.98 Å². The first kappa shape index (κ1) is 11.5. The van der Waals surface area contributed by atoms with E-state index in [1.807, 2.05) is 60.9 Å². The van der Waals surface area contributed by atoms with E-state index in [2.05, 4.69) is 28.2 Å². The van der Waals surface area contributed by atoms with Gasteiger partial charge in [0, 0.05) is 22.5 Å². The molecule has 0 atom stereocenters.